The van der Waals surface area contributed by atoms with Crippen molar-refractivity contribution >= 4 is 77.7 Å². The largest absolute Gasteiger partial charge is 0.354 e. The zero-order valence-corrected chi connectivity index (χ0v) is 31.2. The second-order valence-corrected chi connectivity index (χ2v) is 14.6. The van der Waals surface area contributed by atoms with Crippen LogP contribution in [-0.2, 0) is 0 Å². The summed E-state index contributed by atoms with van der Waals surface area (Å²) in [5, 5.41) is 4.56. The number of rotatable bonds is 5. The highest BCUT2D eigenvalue weighted by Gasteiger charge is 2.36. The van der Waals surface area contributed by atoms with Gasteiger partial charge in [0.1, 0.15) is 0 Å². The minimum atomic E-state index is 0.557. The van der Waals surface area contributed by atoms with Crippen molar-refractivity contribution in [3.63, 3.8) is 0 Å². The molecule has 272 valence electrons. The van der Waals surface area contributed by atoms with Gasteiger partial charge in [-0.2, -0.15) is 9.97 Å². The Morgan fingerprint density at radius 3 is 1.48 bits per heavy atom. The monoisotopic (exact) mass is 743 g/mol. The first-order valence-corrected chi connectivity index (χ1v) is 19.5. The molecule has 7 heteroatoms. The summed E-state index contributed by atoms with van der Waals surface area (Å²) in [6.45, 7) is 0. The summed E-state index contributed by atoms with van der Waals surface area (Å²) in [4.78, 5) is 24.1. The Kier molecular flexibility index (Phi) is 7.09. The van der Waals surface area contributed by atoms with Gasteiger partial charge in [-0.15, -0.1) is 0 Å². The van der Waals surface area contributed by atoms with E-state index in [4.69, 9.17) is 15.0 Å². The van der Waals surface area contributed by atoms with Crippen LogP contribution >= 0.6 is 0 Å². The zero-order valence-electron chi connectivity index (χ0n) is 31.2. The molecule has 1 N–H and O–H groups in total. The second kappa shape index (κ2) is 12.8. The molecule has 0 fully saturated rings. The van der Waals surface area contributed by atoms with Gasteiger partial charge in [0.2, 0.25) is 5.95 Å². The van der Waals surface area contributed by atoms with Gasteiger partial charge in [0.05, 0.1) is 33.8 Å². The Morgan fingerprint density at radius 2 is 0.862 bits per heavy atom. The molecular formula is C51H33N7. The molecule has 0 spiro atoms. The average Bonchev–Trinajstić information content (AvgIpc) is 3.85. The number of hydrogen-bond donors (Lipinski definition) is 1. The number of aromatic amines is 1. The normalized spacial score (nSPS) is 12.4. The number of anilines is 6. The Morgan fingerprint density at radius 1 is 0.362 bits per heavy atom. The van der Waals surface area contributed by atoms with Crippen molar-refractivity contribution in [3.8, 4) is 28.7 Å². The summed E-state index contributed by atoms with van der Waals surface area (Å²) in [5.74, 6) is 1.79. The number of hydrogen-bond acceptors (Lipinski definition) is 5. The van der Waals surface area contributed by atoms with Crippen LogP contribution in [-0.4, -0.2) is 24.5 Å². The third-order valence-electron chi connectivity index (χ3n) is 11.3. The average molecular weight is 744 g/mol. The first kappa shape index (κ1) is 32.2. The minimum Gasteiger partial charge on any atom is -0.354 e. The van der Waals surface area contributed by atoms with E-state index in [1.165, 1.54) is 10.8 Å². The molecule has 0 amide bonds. The number of nitrogens with one attached hydrogen (secondary N) is 1. The Balaban J connectivity index is 1.21. The fourth-order valence-corrected chi connectivity index (χ4v) is 8.80. The smallest absolute Gasteiger partial charge is 0.238 e. The maximum atomic E-state index is 5.23. The van der Waals surface area contributed by atoms with Crippen molar-refractivity contribution in [3.05, 3.63) is 194 Å². The van der Waals surface area contributed by atoms with Crippen molar-refractivity contribution in [1.29, 1.82) is 0 Å². The standard InChI is InChI=1S/C51H33N7/c1-5-17-33(18-6-1)49-53-50(34-19-7-2-8-20-34)55-51(54-49)58-41-28-16-14-26-38(41)46-42(58)31-32-44-48(46)57(36-23-11-4-12-24-36)43-30-29-40-45(37-25-13-15-27-39(37)52-40)47(43)56(44)35-21-9-3-10-22-35/h1-32,52H. The topological polar surface area (TPSA) is 65.9 Å². The van der Waals surface area contributed by atoms with Crippen molar-refractivity contribution in [2.45, 2.75) is 0 Å². The van der Waals surface area contributed by atoms with E-state index in [0.29, 0.717) is 17.6 Å². The van der Waals surface area contributed by atoms with Crippen LogP contribution in [0.15, 0.2) is 194 Å². The van der Waals surface area contributed by atoms with Crippen molar-refractivity contribution in [2.75, 3.05) is 9.80 Å². The summed E-state index contributed by atoms with van der Waals surface area (Å²) < 4.78 is 2.21. The summed E-state index contributed by atoms with van der Waals surface area (Å²) in [5.41, 5.74) is 12.6. The molecule has 0 saturated carbocycles. The lowest BCUT2D eigenvalue weighted by Gasteiger charge is -2.41. The molecule has 12 rings (SSSR count). The summed E-state index contributed by atoms with van der Waals surface area (Å²) in [6.07, 6.45) is 0. The number of fused-ring (bicyclic) bond motifs is 10. The fraction of sp³-hybridized carbons (Fsp3) is 0. The minimum absolute atomic E-state index is 0.557. The first-order valence-electron chi connectivity index (χ1n) is 19.5. The lowest BCUT2D eigenvalue weighted by molar-refractivity contribution is 0.953. The van der Waals surface area contributed by atoms with Crippen LogP contribution in [0.1, 0.15) is 0 Å². The van der Waals surface area contributed by atoms with E-state index in [9.17, 15) is 0 Å². The highest BCUT2D eigenvalue weighted by atomic mass is 15.3. The zero-order chi connectivity index (χ0) is 38.2. The highest BCUT2D eigenvalue weighted by molar-refractivity contribution is 6.26. The molecule has 0 unspecified atom stereocenters. The van der Waals surface area contributed by atoms with Gasteiger partial charge in [-0.05, 0) is 60.7 Å². The summed E-state index contributed by atoms with van der Waals surface area (Å²) in [7, 11) is 0. The number of para-hydroxylation sites is 4. The number of benzene rings is 8. The quantitative estimate of drug-likeness (QED) is 0.190. The van der Waals surface area contributed by atoms with E-state index in [1.54, 1.807) is 0 Å². The molecule has 1 aliphatic heterocycles. The van der Waals surface area contributed by atoms with Crippen molar-refractivity contribution < 1.29 is 0 Å². The van der Waals surface area contributed by atoms with Crippen LogP contribution in [0.3, 0.4) is 0 Å². The van der Waals surface area contributed by atoms with Crippen LogP contribution in [0, 0.1) is 0 Å². The van der Waals surface area contributed by atoms with Gasteiger partial charge in [0.15, 0.2) is 11.6 Å². The second-order valence-electron chi connectivity index (χ2n) is 14.6. The Labute approximate surface area is 333 Å². The van der Waals surface area contributed by atoms with Gasteiger partial charge in [-0.3, -0.25) is 4.57 Å². The van der Waals surface area contributed by atoms with E-state index in [2.05, 4.69) is 153 Å². The molecule has 58 heavy (non-hydrogen) atoms. The predicted molar refractivity (Wildman–Crippen MR) is 237 cm³/mol. The maximum Gasteiger partial charge on any atom is 0.238 e. The molecule has 0 saturated heterocycles. The van der Waals surface area contributed by atoms with E-state index in [0.717, 1.165) is 78.1 Å². The van der Waals surface area contributed by atoms with Gasteiger partial charge >= 0.3 is 0 Å². The SMILES string of the molecule is c1ccc(-c2nc(-c3ccccc3)nc(-n3c4ccccc4c4c5c(ccc43)N(c3ccccc3)c3c(ccc4[nH]c6ccccc6c34)N5c3ccccc3)n2)cc1. The number of H-pyrrole nitrogens is 1. The third kappa shape index (κ3) is 4.83. The molecule has 0 bridgehead atoms. The molecule has 0 atom stereocenters. The summed E-state index contributed by atoms with van der Waals surface area (Å²) in [6, 6.07) is 67.9. The molecule has 0 aliphatic carbocycles. The van der Waals surface area contributed by atoms with Crippen LogP contribution in [0.4, 0.5) is 34.1 Å². The van der Waals surface area contributed by atoms with Gasteiger partial charge in [-0.25, -0.2) is 4.98 Å². The van der Waals surface area contributed by atoms with Gasteiger partial charge in [0, 0.05) is 55.1 Å². The Bertz CT molecular complexity index is 3280. The van der Waals surface area contributed by atoms with Crippen molar-refractivity contribution in [2.24, 2.45) is 0 Å². The maximum absolute atomic E-state index is 5.23. The molecule has 4 heterocycles. The fourth-order valence-electron chi connectivity index (χ4n) is 8.80. The van der Waals surface area contributed by atoms with Crippen LogP contribution in [0.25, 0.3) is 72.3 Å². The number of nitrogens with zero attached hydrogens (tertiary/aromatic N) is 6. The van der Waals surface area contributed by atoms with Gasteiger partial charge in [0.25, 0.3) is 0 Å². The highest BCUT2D eigenvalue weighted by Crippen LogP contribution is 2.60. The van der Waals surface area contributed by atoms with E-state index in [1.807, 2.05) is 60.7 Å². The molecular weight excluding hydrogens is 711 g/mol. The Hall–Kier alpha value is -8.03. The van der Waals surface area contributed by atoms with Crippen LogP contribution in [0.5, 0.6) is 0 Å². The molecule has 11 aromatic rings. The van der Waals surface area contributed by atoms with Crippen LogP contribution in [0.2, 0.25) is 0 Å². The van der Waals surface area contributed by atoms with Gasteiger partial charge < -0.3 is 14.8 Å². The lowest BCUT2D eigenvalue weighted by Crippen LogP contribution is -2.24. The van der Waals surface area contributed by atoms with Gasteiger partial charge in [-0.1, -0.05) is 133 Å². The van der Waals surface area contributed by atoms with E-state index < -0.39 is 0 Å². The summed E-state index contributed by atoms with van der Waals surface area (Å²) >= 11 is 0. The number of aromatic nitrogens is 5. The van der Waals surface area contributed by atoms with Crippen LogP contribution < -0.4 is 9.80 Å². The van der Waals surface area contributed by atoms with E-state index in [-0.39, 0.29) is 0 Å². The molecule has 1 aliphatic rings. The molecule has 3 aromatic heterocycles. The lowest BCUT2D eigenvalue weighted by atomic mass is 9.98. The van der Waals surface area contributed by atoms with Crippen molar-refractivity contribution in [1.82, 2.24) is 24.5 Å². The molecule has 0 radical (unpaired) electrons. The predicted octanol–water partition coefficient (Wildman–Crippen LogP) is 13.2. The third-order valence-corrected chi connectivity index (χ3v) is 11.3. The van der Waals surface area contributed by atoms with E-state index >= 15 is 0 Å². The molecule has 7 nitrogen and oxygen atoms in total. The first-order chi connectivity index (χ1) is 28.8. The molecule has 8 aromatic carbocycles.